The summed E-state index contributed by atoms with van der Waals surface area (Å²) in [6, 6.07) is 10.2. The van der Waals surface area contributed by atoms with Crippen LogP contribution in [0.3, 0.4) is 0 Å². The Morgan fingerprint density at radius 3 is 2.36 bits per heavy atom. The molecule has 0 bridgehead atoms. The monoisotopic (exact) mass is 335 g/mol. The van der Waals surface area contributed by atoms with Gasteiger partial charge in [0, 0.05) is 0 Å². The number of carbonyl (C=O) groups excluding carboxylic acids is 2. The van der Waals surface area contributed by atoms with Crippen LogP contribution in [-0.2, 0) is 11.3 Å². The average molecular weight is 336 g/mol. The first-order valence-corrected chi connectivity index (χ1v) is 7.25. The Kier molecular flexibility index (Phi) is 3.81. The van der Waals surface area contributed by atoms with Crippen LogP contribution in [0.4, 0.5) is 5.69 Å². The van der Waals surface area contributed by atoms with Crippen molar-refractivity contribution in [2.45, 2.75) is 6.54 Å². The van der Waals surface area contributed by atoms with Crippen LogP contribution in [0.15, 0.2) is 36.4 Å². The fourth-order valence-corrected chi connectivity index (χ4v) is 3.17. The zero-order valence-corrected chi connectivity index (χ0v) is 13.1. The number of anilines is 1. The van der Waals surface area contributed by atoms with Gasteiger partial charge in [-0.2, -0.15) is 0 Å². The normalized spacial score (nSPS) is 13.5. The number of hydrogen-bond donors (Lipinski definition) is 0. The molecule has 0 spiro atoms. The standard InChI is InChI=1S/C16H11Cl2NO3/c1-22-15-11(17)6-9(7-12(15)18)8-19-13-5-3-2-4-10(13)14(20)16(19)21/h2-7H,8H2,1H3. The number of carbonyl (C=O) groups is 2. The average Bonchev–Trinajstić information content (AvgIpc) is 2.73. The molecule has 1 aliphatic heterocycles. The molecular weight excluding hydrogens is 325 g/mol. The van der Waals surface area contributed by atoms with E-state index in [1.807, 2.05) is 0 Å². The number of nitrogens with zero attached hydrogens (tertiary/aromatic N) is 1. The number of Topliss-reactive ketones (excluding diaryl/α,β-unsaturated/α-hetero) is 1. The molecule has 2 aromatic carbocycles. The van der Waals surface area contributed by atoms with E-state index >= 15 is 0 Å². The maximum absolute atomic E-state index is 12.1. The van der Waals surface area contributed by atoms with Crippen molar-refractivity contribution in [2.75, 3.05) is 12.0 Å². The largest absolute Gasteiger partial charge is 0.494 e. The summed E-state index contributed by atoms with van der Waals surface area (Å²) in [6.07, 6.45) is 0. The van der Waals surface area contributed by atoms with Gasteiger partial charge in [0.1, 0.15) is 0 Å². The zero-order valence-electron chi connectivity index (χ0n) is 11.6. The Bertz CT molecular complexity index is 766. The molecule has 112 valence electrons. The number of rotatable bonds is 3. The van der Waals surface area contributed by atoms with Gasteiger partial charge in [0.15, 0.2) is 5.75 Å². The molecule has 1 aliphatic rings. The second-order valence-electron chi connectivity index (χ2n) is 4.83. The van der Waals surface area contributed by atoms with E-state index in [2.05, 4.69) is 0 Å². The van der Waals surface area contributed by atoms with Crippen molar-refractivity contribution in [1.82, 2.24) is 0 Å². The van der Waals surface area contributed by atoms with E-state index in [0.717, 1.165) is 0 Å². The quantitative estimate of drug-likeness (QED) is 0.803. The molecule has 0 aliphatic carbocycles. The van der Waals surface area contributed by atoms with Crippen LogP contribution >= 0.6 is 23.2 Å². The smallest absolute Gasteiger partial charge is 0.299 e. The van der Waals surface area contributed by atoms with Crippen LogP contribution in [-0.4, -0.2) is 18.8 Å². The maximum Gasteiger partial charge on any atom is 0.299 e. The molecule has 6 heteroatoms. The molecule has 0 radical (unpaired) electrons. The molecule has 0 fully saturated rings. The molecule has 1 heterocycles. The summed E-state index contributed by atoms with van der Waals surface area (Å²) in [6.45, 7) is 0.213. The minimum absolute atomic E-state index is 0.213. The summed E-state index contributed by atoms with van der Waals surface area (Å²) in [5.41, 5.74) is 1.73. The molecule has 4 nitrogen and oxygen atoms in total. The van der Waals surface area contributed by atoms with E-state index in [-0.39, 0.29) is 6.54 Å². The van der Waals surface area contributed by atoms with E-state index in [4.69, 9.17) is 27.9 Å². The molecule has 0 N–H and O–H groups in total. The molecule has 0 saturated heterocycles. The third-order valence-corrected chi connectivity index (χ3v) is 4.04. The number of ketones is 1. The topological polar surface area (TPSA) is 46.6 Å². The first-order chi connectivity index (χ1) is 10.5. The summed E-state index contributed by atoms with van der Waals surface area (Å²) in [4.78, 5) is 25.5. The highest BCUT2D eigenvalue weighted by Crippen LogP contribution is 2.36. The Morgan fingerprint density at radius 1 is 1.09 bits per heavy atom. The van der Waals surface area contributed by atoms with Gasteiger partial charge in [-0.15, -0.1) is 0 Å². The lowest BCUT2D eigenvalue weighted by molar-refractivity contribution is -0.114. The van der Waals surface area contributed by atoms with E-state index in [0.29, 0.717) is 32.6 Å². The molecule has 0 atom stereocenters. The SMILES string of the molecule is COc1c(Cl)cc(CN2C(=O)C(=O)c3ccccc32)cc1Cl. The van der Waals surface area contributed by atoms with Gasteiger partial charge >= 0.3 is 0 Å². The maximum atomic E-state index is 12.1. The van der Waals surface area contributed by atoms with Crippen molar-refractivity contribution < 1.29 is 14.3 Å². The number of amides is 1. The lowest BCUT2D eigenvalue weighted by Gasteiger charge is -2.17. The minimum Gasteiger partial charge on any atom is -0.494 e. The lowest BCUT2D eigenvalue weighted by atomic mass is 10.1. The van der Waals surface area contributed by atoms with Gasteiger partial charge in [-0.1, -0.05) is 35.3 Å². The summed E-state index contributed by atoms with van der Waals surface area (Å²) in [7, 11) is 1.48. The zero-order chi connectivity index (χ0) is 15.9. The second-order valence-corrected chi connectivity index (χ2v) is 5.64. The summed E-state index contributed by atoms with van der Waals surface area (Å²) in [5.74, 6) is -0.665. The first kappa shape index (κ1) is 14.9. The number of ether oxygens (including phenoxy) is 1. The van der Waals surface area contributed by atoms with Crippen LogP contribution in [0.5, 0.6) is 5.75 Å². The lowest BCUT2D eigenvalue weighted by Crippen LogP contribution is -2.29. The van der Waals surface area contributed by atoms with Crippen LogP contribution < -0.4 is 9.64 Å². The number of fused-ring (bicyclic) bond motifs is 1. The molecule has 2 aromatic rings. The fourth-order valence-electron chi connectivity index (χ4n) is 2.49. The summed E-state index contributed by atoms with van der Waals surface area (Å²) >= 11 is 12.2. The highest BCUT2D eigenvalue weighted by molar-refractivity contribution is 6.52. The molecule has 3 rings (SSSR count). The number of halogens is 2. The van der Waals surface area contributed by atoms with Crippen molar-refractivity contribution in [2.24, 2.45) is 0 Å². The number of methoxy groups -OCH3 is 1. The van der Waals surface area contributed by atoms with Gasteiger partial charge in [0.05, 0.1) is 35.0 Å². The van der Waals surface area contributed by atoms with Gasteiger partial charge in [-0.05, 0) is 29.8 Å². The van der Waals surface area contributed by atoms with Gasteiger partial charge in [-0.3, -0.25) is 9.59 Å². The van der Waals surface area contributed by atoms with Crippen molar-refractivity contribution in [3.05, 3.63) is 57.6 Å². The van der Waals surface area contributed by atoms with Crippen molar-refractivity contribution in [3.63, 3.8) is 0 Å². The Balaban J connectivity index is 1.97. The van der Waals surface area contributed by atoms with Gasteiger partial charge in [-0.25, -0.2) is 0 Å². The highest BCUT2D eigenvalue weighted by Gasteiger charge is 2.35. The van der Waals surface area contributed by atoms with Crippen LogP contribution in [0.1, 0.15) is 15.9 Å². The van der Waals surface area contributed by atoms with Crippen LogP contribution in [0.25, 0.3) is 0 Å². The molecular formula is C16H11Cl2NO3. The minimum atomic E-state index is -0.552. The third-order valence-electron chi connectivity index (χ3n) is 3.48. The van der Waals surface area contributed by atoms with E-state index in [1.54, 1.807) is 36.4 Å². The molecule has 22 heavy (non-hydrogen) atoms. The predicted molar refractivity (Wildman–Crippen MR) is 85.0 cm³/mol. The van der Waals surface area contributed by atoms with Crippen molar-refractivity contribution >= 4 is 40.6 Å². The van der Waals surface area contributed by atoms with E-state index in [9.17, 15) is 9.59 Å². The van der Waals surface area contributed by atoms with Crippen molar-refractivity contribution in [1.29, 1.82) is 0 Å². The van der Waals surface area contributed by atoms with Gasteiger partial charge < -0.3 is 9.64 Å². The number of para-hydroxylation sites is 1. The molecule has 1 amide bonds. The van der Waals surface area contributed by atoms with E-state index < -0.39 is 11.7 Å². The Labute approximate surface area is 137 Å². The molecule has 0 unspecified atom stereocenters. The number of benzene rings is 2. The molecule has 0 saturated carbocycles. The molecule has 0 aromatic heterocycles. The Hall–Kier alpha value is -2.04. The van der Waals surface area contributed by atoms with Crippen molar-refractivity contribution in [3.8, 4) is 5.75 Å². The summed E-state index contributed by atoms with van der Waals surface area (Å²) in [5, 5.41) is 0.715. The fraction of sp³-hybridized carbons (Fsp3) is 0.125. The third kappa shape index (κ3) is 2.34. The number of hydrogen-bond acceptors (Lipinski definition) is 3. The Morgan fingerprint density at radius 2 is 1.73 bits per heavy atom. The first-order valence-electron chi connectivity index (χ1n) is 6.50. The second kappa shape index (κ2) is 5.63. The van der Waals surface area contributed by atoms with Crippen LogP contribution in [0.2, 0.25) is 10.0 Å². The highest BCUT2D eigenvalue weighted by atomic mass is 35.5. The van der Waals surface area contributed by atoms with Crippen LogP contribution in [0, 0.1) is 0 Å². The van der Waals surface area contributed by atoms with Gasteiger partial charge in [0.2, 0.25) is 0 Å². The summed E-state index contributed by atoms with van der Waals surface area (Å²) < 4.78 is 5.10. The predicted octanol–water partition coefficient (Wildman–Crippen LogP) is 3.73. The van der Waals surface area contributed by atoms with E-state index in [1.165, 1.54) is 12.0 Å². The van der Waals surface area contributed by atoms with Gasteiger partial charge in [0.25, 0.3) is 11.7 Å².